The van der Waals surface area contributed by atoms with E-state index in [1.54, 1.807) is 0 Å². The lowest BCUT2D eigenvalue weighted by molar-refractivity contribution is -0.124. The monoisotopic (exact) mass is 349 g/mol. The van der Waals surface area contributed by atoms with E-state index in [1.165, 1.54) is 18.6 Å². The molecule has 1 aliphatic carbocycles. The first-order valence-electron chi connectivity index (χ1n) is 7.04. The summed E-state index contributed by atoms with van der Waals surface area (Å²) in [6.45, 7) is 2.09. The van der Waals surface area contributed by atoms with Gasteiger partial charge in [0.25, 0.3) is 5.91 Å². The second-order valence-electron chi connectivity index (χ2n) is 5.42. The van der Waals surface area contributed by atoms with Crippen molar-refractivity contribution in [2.75, 3.05) is 6.61 Å². The lowest BCUT2D eigenvalue weighted by Gasteiger charge is -2.29. The second-order valence-corrected chi connectivity index (χ2v) is 6.64. The fourth-order valence-corrected chi connectivity index (χ4v) is 3.13. The SMILES string of the molecule is C[C@@H]1CCCC[C@@H]1NC(=O)COc1cc(Cl)c(Cl)cc1Cl. The van der Waals surface area contributed by atoms with E-state index in [0.717, 1.165) is 19.3 Å². The molecule has 1 N–H and O–H groups in total. The molecule has 1 amide bonds. The van der Waals surface area contributed by atoms with Gasteiger partial charge in [0, 0.05) is 12.1 Å². The molecule has 0 radical (unpaired) electrons. The Kier molecular flexibility index (Phi) is 6.03. The number of carbonyl (C=O) groups is 1. The van der Waals surface area contributed by atoms with E-state index in [2.05, 4.69) is 12.2 Å². The maximum atomic E-state index is 12.0. The van der Waals surface area contributed by atoms with Crippen LogP contribution in [0.25, 0.3) is 0 Å². The van der Waals surface area contributed by atoms with E-state index in [0.29, 0.717) is 26.7 Å². The first-order valence-corrected chi connectivity index (χ1v) is 8.17. The molecule has 2 atom stereocenters. The van der Waals surface area contributed by atoms with Crippen LogP contribution >= 0.6 is 34.8 Å². The first kappa shape index (κ1) is 16.7. The fraction of sp³-hybridized carbons (Fsp3) is 0.533. The number of benzene rings is 1. The highest BCUT2D eigenvalue weighted by Gasteiger charge is 2.23. The molecule has 0 aromatic heterocycles. The molecule has 1 aromatic carbocycles. The fourth-order valence-electron chi connectivity index (χ4n) is 2.54. The van der Waals surface area contributed by atoms with Crippen LogP contribution in [0.2, 0.25) is 15.1 Å². The number of nitrogens with one attached hydrogen (secondary N) is 1. The van der Waals surface area contributed by atoms with E-state index >= 15 is 0 Å². The minimum Gasteiger partial charge on any atom is -0.482 e. The molecule has 0 saturated heterocycles. The van der Waals surface area contributed by atoms with Crippen LogP contribution in [0.3, 0.4) is 0 Å². The molecule has 21 heavy (non-hydrogen) atoms. The lowest BCUT2D eigenvalue weighted by atomic mass is 9.86. The first-order chi connectivity index (χ1) is 9.97. The maximum Gasteiger partial charge on any atom is 0.258 e. The zero-order valence-electron chi connectivity index (χ0n) is 11.8. The van der Waals surface area contributed by atoms with Crippen molar-refractivity contribution < 1.29 is 9.53 Å². The molecule has 3 nitrogen and oxygen atoms in total. The largest absolute Gasteiger partial charge is 0.482 e. The van der Waals surface area contributed by atoms with Crippen LogP contribution in [0.4, 0.5) is 0 Å². The molecule has 116 valence electrons. The van der Waals surface area contributed by atoms with Gasteiger partial charge in [-0.2, -0.15) is 0 Å². The van der Waals surface area contributed by atoms with Crippen LogP contribution in [0.15, 0.2) is 12.1 Å². The molecular weight excluding hydrogens is 333 g/mol. The van der Waals surface area contributed by atoms with Crippen LogP contribution in [0, 0.1) is 5.92 Å². The molecule has 6 heteroatoms. The number of halogens is 3. The highest BCUT2D eigenvalue weighted by molar-refractivity contribution is 6.43. The molecule has 1 saturated carbocycles. The number of amides is 1. The summed E-state index contributed by atoms with van der Waals surface area (Å²) in [4.78, 5) is 12.0. The summed E-state index contributed by atoms with van der Waals surface area (Å²) in [5, 5.41) is 4.06. The van der Waals surface area contributed by atoms with Gasteiger partial charge in [-0.1, -0.05) is 54.6 Å². The molecule has 0 unspecified atom stereocenters. The second kappa shape index (κ2) is 7.57. The van der Waals surface area contributed by atoms with E-state index in [4.69, 9.17) is 39.5 Å². The third-order valence-electron chi connectivity index (χ3n) is 3.79. The summed E-state index contributed by atoms with van der Waals surface area (Å²) in [6, 6.07) is 3.25. The van der Waals surface area contributed by atoms with Gasteiger partial charge in [-0.25, -0.2) is 0 Å². The maximum absolute atomic E-state index is 12.0. The molecule has 1 aliphatic rings. The Hall–Kier alpha value is -0.640. The third kappa shape index (κ3) is 4.67. The molecule has 0 bridgehead atoms. The minimum atomic E-state index is -0.143. The predicted molar refractivity (Wildman–Crippen MR) is 86.5 cm³/mol. The number of ether oxygens (including phenoxy) is 1. The van der Waals surface area contributed by atoms with E-state index in [9.17, 15) is 4.79 Å². The summed E-state index contributed by atoms with van der Waals surface area (Å²) in [5.74, 6) is 0.727. The Morgan fingerprint density at radius 2 is 1.86 bits per heavy atom. The summed E-state index contributed by atoms with van der Waals surface area (Å²) < 4.78 is 5.42. The zero-order valence-corrected chi connectivity index (χ0v) is 14.1. The van der Waals surface area contributed by atoms with Gasteiger partial charge >= 0.3 is 0 Å². The molecule has 0 spiro atoms. The molecule has 2 rings (SSSR count). The molecular formula is C15H18Cl3NO2. The lowest BCUT2D eigenvalue weighted by Crippen LogP contribution is -2.43. The third-order valence-corrected chi connectivity index (χ3v) is 4.81. The summed E-state index contributed by atoms with van der Waals surface area (Å²) in [7, 11) is 0. The predicted octanol–water partition coefficient (Wildman–Crippen LogP) is 4.72. The Balaban J connectivity index is 1.88. The van der Waals surface area contributed by atoms with Gasteiger partial charge < -0.3 is 10.1 Å². The van der Waals surface area contributed by atoms with E-state index in [-0.39, 0.29) is 18.6 Å². The topological polar surface area (TPSA) is 38.3 Å². The van der Waals surface area contributed by atoms with E-state index < -0.39 is 0 Å². The molecule has 1 fully saturated rings. The highest BCUT2D eigenvalue weighted by Crippen LogP contribution is 2.33. The van der Waals surface area contributed by atoms with Crippen molar-refractivity contribution in [1.82, 2.24) is 5.32 Å². The zero-order chi connectivity index (χ0) is 15.4. The Morgan fingerprint density at radius 1 is 1.19 bits per heavy atom. The smallest absolute Gasteiger partial charge is 0.258 e. The number of carbonyl (C=O) groups excluding carboxylic acids is 1. The average Bonchev–Trinajstić information content (AvgIpc) is 2.44. The van der Waals surface area contributed by atoms with Crippen LogP contribution in [0.1, 0.15) is 32.6 Å². The van der Waals surface area contributed by atoms with Crippen LogP contribution < -0.4 is 10.1 Å². The van der Waals surface area contributed by atoms with Gasteiger partial charge in [-0.15, -0.1) is 0 Å². The summed E-state index contributed by atoms with van der Waals surface area (Å²) >= 11 is 17.7. The number of hydrogen-bond acceptors (Lipinski definition) is 2. The molecule has 1 aromatic rings. The molecule has 0 aliphatic heterocycles. The van der Waals surface area contributed by atoms with Crippen LogP contribution in [0.5, 0.6) is 5.75 Å². The number of rotatable bonds is 4. The Labute approximate surface area is 139 Å². The summed E-state index contributed by atoms with van der Waals surface area (Å²) in [5.41, 5.74) is 0. The van der Waals surface area contributed by atoms with Gasteiger partial charge in [-0.3, -0.25) is 4.79 Å². The summed E-state index contributed by atoms with van der Waals surface area (Å²) in [6.07, 6.45) is 4.59. The Bertz CT molecular complexity index is 522. The van der Waals surface area contributed by atoms with Gasteiger partial charge in [0.2, 0.25) is 0 Å². The van der Waals surface area contributed by atoms with Gasteiger partial charge in [0.1, 0.15) is 5.75 Å². The number of hydrogen-bond donors (Lipinski definition) is 1. The van der Waals surface area contributed by atoms with Crippen molar-refractivity contribution in [1.29, 1.82) is 0 Å². The van der Waals surface area contributed by atoms with Gasteiger partial charge in [0.15, 0.2) is 6.61 Å². The average molecular weight is 351 g/mol. The Morgan fingerprint density at radius 3 is 2.57 bits per heavy atom. The van der Waals surface area contributed by atoms with Crippen molar-refractivity contribution in [3.8, 4) is 5.75 Å². The van der Waals surface area contributed by atoms with Crippen LogP contribution in [-0.2, 0) is 4.79 Å². The molecule has 0 heterocycles. The minimum absolute atomic E-state index is 0.0824. The van der Waals surface area contributed by atoms with Crippen molar-refractivity contribution in [2.24, 2.45) is 5.92 Å². The van der Waals surface area contributed by atoms with Gasteiger partial charge in [0.05, 0.1) is 15.1 Å². The van der Waals surface area contributed by atoms with Crippen molar-refractivity contribution in [3.63, 3.8) is 0 Å². The van der Waals surface area contributed by atoms with E-state index in [1.807, 2.05) is 0 Å². The quantitative estimate of drug-likeness (QED) is 0.798. The highest BCUT2D eigenvalue weighted by atomic mass is 35.5. The van der Waals surface area contributed by atoms with Gasteiger partial charge in [-0.05, 0) is 24.8 Å². The standard InChI is InChI=1S/C15H18Cl3NO2/c1-9-4-2-3-5-13(9)19-15(20)8-21-14-7-11(17)10(16)6-12(14)18/h6-7,9,13H,2-5,8H2,1H3,(H,19,20)/t9-,13+/m1/s1. The van der Waals surface area contributed by atoms with Crippen LogP contribution in [-0.4, -0.2) is 18.6 Å². The van der Waals surface area contributed by atoms with Crippen molar-refractivity contribution in [2.45, 2.75) is 38.6 Å². The normalized spacial score (nSPS) is 21.9. The van der Waals surface area contributed by atoms with Crippen molar-refractivity contribution in [3.05, 3.63) is 27.2 Å². The van der Waals surface area contributed by atoms with Crippen molar-refractivity contribution >= 4 is 40.7 Å².